The molecular formula is C16H24N2O. The smallest absolute Gasteiger partial charge is 0.115 e. The zero-order chi connectivity index (χ0) is 13.8. The summed E-state index contributed by atoms with van der Waals surface area (Å²) < 4.78 is 0. The molecular weight excluding hydrogens is 236 g/mol. The predicted molar refractivity (Wildman–Crippen MR) is 79.2 cm³/mol. The molecule has 1 fully saturated rings. The van der Waals surface area contributed by atoms with Crippen LogP contribution in [0.4, 0.5) is 0 Å². The molecule has 2 atom stereocenters. The summed E-state index contributed by atoms with van der Waals surface area (Å²) in [6, 6.07) is 8.63. The maximum atomic E-state index is 9.53. The quantitative estimate of drug-likeness (QED) is 0.843. The zero-order valence-electron chi connectivity index (χ0n) is 11.9. The van der Waals surface area contributed by atoms with E-state index in [0.717, 1.165) is 26.2 Å². The summed E-state index contributed by atoms with van der Waals surface area (Å²) in [6.07, 6.45) is 1.98. The van der Waals surface area contributed by atoms with Crippen LogP contribution >= 0.6 is 0 Å². The summed E-state index contributed by atoms with van der Waals surface area (Å²) in [4.78, 5) is 4.95. The molecule has 1 heterocycles. The molecule has 0 spiro atoms. The summed E-state index contributed by atoms with van der Waals surface area (Å²) in [5, 5.41) is 9.53. The Morgan fingerprint density at radius 1 is 1.26 bits per heavy atom. The molecule has 1 aromatic rings. The fourth-order valence-electron chi connectivity index (χ4n) is 2.80. The van der Waals surface area contributed by atoms with Crippen molar-refractivity contribution in [3.63, 3.8) is 0 Å². The van der Waals surface area contributed by atoms with Gasteiger partial charge in [-0.2, -0.15) is 0 Å². The van der Waals surface area contributed by atoms with Crippen molar-refractivity contribution < 1.29 is 5.11 Å². The second-order valence-electron chi connectivity index (χ2n) is 5.54. The highest BCUT2D eigenvalue weighted by molar-refractivity contribution is 5.27. The Bertz CT molecular complexity index is 433. The van der Waals surface area contributed by atoms with Crippen molar-refractivity contribution >= 4 is 0 Å². The lowest BCUT2D eigenvalue weighted by Gasteiger charge is -2.43. The van der Waals surface area contributed by atoms with Crippen molar-refractivity contribution in [1.82, 2.24) is 9.80 Å². The molecule has 1 saturated heterocycles. The third kappa shape index (κ3) is 3.58. The van der Waals surface area contributed by atoms with E-state index in [1.54, 1.807) is 6.07 Å². The highest BCUT2D eigenvalue weighted by Crippen LogP contribution is 2.19. The van der Waals surface area contributed by atoms with Crippen molar-refractivity contribution in [2.45, 2.75) is 32.5 Å². The number of aromatic hydroxyl groups is 1. The Morgan fingerprint density at radius 2 is 1.95 bits per heavy atom. The van der Waals surface area contributed by atoms with Gasteiger partial charge in [-0.25, -0.2) is 0 Å². The van der Waals surface area contributed by atoms with E-state index < -0.39 is 0 Å². The summed E-state index contributed by atoms with van der Waals surface area (Å²) in [5.41, 5.74) is 1.18. The average Bonchev–Trinajstić information content (AvgIpc) is 2.36. The molecule has 0 amide bonds. The van der Waals surface area contributed by atoms with E-state index in [9.17, 15) is 5.11 Å². The van der Waals surface area contributed by atoms with Crippen molar-refractivity contribution in [2.24, 2.45) is 0 Å². The molecule has 0 bridgehead atoms. The van der Waals surface area contributed by atoms with Gasteiger partial charge in [-0.3, -0.25) is 9.80 Å². The van der Waals surface area contributed by atoms with Gasteiger partial charge >= 0.3 is 0 Å². The highest BCUT2D eigenvalue weighted by Gasteiger charge is 2.27. The van der Waals surface area contributed by atoms with Crippen LogP contribution in [0, 0.1) is 0 Å². The Morgan fingerprint density at radius 3 is 2.63 bits per heavy atom. The van der Waals surface area contributed by atoms with E-state index in [2.05, 4.69) is 36.3 Å². The topological polar surface area (TPSA) is 26.7 Å². The number of phenolic OH excluding ortho intramolecular Hbond substituents is 1. The first kappa shape index (κ1) is 14.1. The zero-order valence-corrected chi connectivity index (χ0v) is 11.9. The number of hydrogen-bond donors (Lipinski definition) is 1. The van der Waals surface area contributed by atoms with Gasteiger partial charge in [-0.15, -0.1) is 6.58 Å². The molecule has 1 aliphatic rings. The number of benzene rings is 1. The van der Waals surface area contributed by atoms with Crippen molar-refractivity contribution in [1.29, 1.82) is 0 Å². The molecule has 0 aromatic heterocycles. The summed E-state index contributed by atoms with van der Waals surface area (Å²) >= 11 is 0. The minimum absolute atomic E-state index is 0.350. The first-order valence-electron chi connectivity index (χ1n) is 6.97. The van der Waals surface area contributed by atoms with E-state index in [4.69, 9.17) is 0 Å². The van der Waals surface area contributed by atoms with Gasteiger partial charge in [-0.1, -0.05) is 18.2 Å². The second-order valence-corrected chi connectivity index (χ2v) is 5.54. The van der Waals surface area contributed by atoms with Gasteiger partial charge in [0.15, 0.2) is 0 Å². The Kier molecular flexibility index (Phi) is 4.61. The molecule has 0 unspecified atom stereocenters. The molecule has 104 valence electrons. The first-order valence-corrected chi connectivity index (χ1v) is 6.97. The fourth-order valence-corrected chi connectivity index (χ4v) is 2.80. The van der Waals surface area contributed by atoms with Crippen LogP contribution in [0.3, 0.4) is 0 Å². The van der Waals surface area contributed by atoms with Crippen LogP contribution < -0.4 is 0 Å². The minimum atomic E-state index is 0.350. The molecule has 0 aliphatic carbocycles. The number of phenols is 1. The molecule has 0 radical (unpaired) electrons. The second kappa shape index (κ2) is 6.22. The van der Waals surface area contributed by atoms with Crippen LogP contribution in [0.1, 0.15) is 19.4 Å². The summed E-state index contributed by atoms with van der Waals surface area (Å²) in [7, 11) is 0. The standard InChI is InChI=1S/C16H24N2O/c1-4-8-17-10-14(3)18(11-13(17)2)12-15-6-5-7-16(19)9-15/h4-7,9,13-14,19H,1,8,10-12H2,2-3H3/t13-,14-/m1/s1. The van der Waals surface area contributed by atoms with Gasteiger partial charge in [0.25, 0.3) is 0 Å². The Balaban J connectivity index is 2.00. The van der Waals surface area contributed by atoms with E-state index in [0.29, 0.717) is 17.8 Å². The van der Waals surface area contributed by atoms with E-state index in [-0.39, 0.29) is 0 Å². The fraction of sp³-hybridized carbons (Fsp3) is 0.500. The normalized spacial score (nSPS) is 25.4. The molecule has 3 heteroatoms. The van der Waals surface area contributed by atoms with Gasteiger partial charge in [0, 0.05) is 38.3 Å². The van der Waals surface area contributed by atoms with E-state index in [1.807, 2.05) is 18.2 Å². The van der Waals surface area contributed by atoms with Gasteiger partial charge in [-0.05, 0) is 31.5 Å². The SMILES string of the molecule is C=CCN1C[C@@H](C)N(Cc2cccc(O)c2)C[C@H]1C. The lowest BCUT2D eigenvalue weighted by molar-refractivity contribution is 0.0452. The van der Waals surface area contributed by atoms with Crippen LogP contribution in [0.5, 0.6) is 5.75 Å². The molecule has 0 saturated carbocycles. The molecule has 19 heavy (non-hydrogen) atoms. The predicted octanol–water partition coefficient (Wildman–Crippen LogP) is 2.47. The van der Waals surface area contributed by atoms with Gasteiger partial charge in [0.1, 0.15) is 5.75 Å². The van der Waals surface area contributed by atoms with Crippen LogP contribution in [0.15, 0.2) is 36.9 Å². The minimum Gasteiger partial charge on any atom is -0.508 e. The number of rotatable bonds is 4. The first-order chi connectivity index (χ1) is 9.10. The monoisotopic (exact) mass is 260 g/mol. The third-order valence-electron chi connectivity index (χ3n) is 3.90. The third-order valence-corrected chi connectivity index (χ3v) is 3.90. The highest BCUT2D eigenvalue weighted by atomic mass is 16.3. The lowest BCUT2D eigenvalue weighted by atomic mass is 10.1. The molecule has 1 N–H and O–H groups in total. The average molecular weight is 260 g/mol. The van der Waals surface area contributed by atoms with Crippen LogP contribution in [0.25, 0.3) is 0 Å². The number of piperazine rings is 1. The number of hydrogen-bond acceptors (Lipinski definition) is 3. The van der Waals surface area contributed by atoms with Gasteiger partial charge < -0.3 is 5.11 Å². The Hall–Kier alpha value is -1.32. The van der Waals surface area contributed by atoms with Gasteiger partial charge in [0.2, 0.25) is 0 Å². The largest absolute Gasteiger partial charge is 0.508 e. The van der Waals surface area contributed by atoms with Crippen LogP contribution in [-0.2, 0) is 6.54 Å². The molecule has 3 nitrogen and oxygen atoms in total. The molecule has 2 rings (SSSR count). The van der Waals surface area contributed by atoms with E-state index >= 15 is 0 Å². The molecule has 1 aromatic carbocycles. The summed E-state index contributed by atoms with van der Waals surface area (Å²) in [5.74, 6) is 0.350. The lowest BCUT2D eigenvalue weighted by Crippen LogP contribution is -2.55. The maximum absolute atomic E-state index is 9.53. The van der Waals surface area contributed by atoms with Crippen LogP contribution in [0.2, 0.25) is 0 Å². The van der Waals surface area contributed by atoms with Crippen molar-refractivity contribution in [3.05, 3.63) is 42.5 Å². The Labute approximate surface area is 116 Å². The number of nitrogens with zero attached hydrogens (tertiary/aromatic N) is 2. The van der Waals surface area contributed by atoms with Crippen LogP contribution in [-0.4, -0.2) is 46.6 Å². The summed E-state index contributed by atoms with van der Waals surface area (Å²) in [6.45, 7) is 12.4. The van der Waals surface area contributed by atoms with Crippen molar-refractivity contribution in [3.8, 4) is 5.75 Å². The molecule has 1 aliphatic heterocycles. The van der Waals surface area contributed by atoms with E-state index in [1.165, 1.54) is 5.56 Å². The maximum Gasteiger partial charge on any atom is 0.115 e. The van der Waals surface area contributed by atoms with Crippen molar-refractivity contribution in [2.75, 3.05) is 19.6 Å². The van der Waals surface area contributed by atoms with Gasteiger partial charge in [0.05, 0.1) is 0 Å².